The minimum atomic E-state index is -0.412. The van der Waals surface area contributed by atoms with Crippen molar-refractivity contribution >= 4 is 5.97 Å². The van der Waals surface area contributed by atoms with E-state index in [2.05, 4.69) is 24.0 Å². The van der Waals surface area contributed by atoms with Gasteiger partial charge in [-0.15, -0.1) is 10.2 Å². The Balaban J connectivity index is 1.61. The molecule has 0 N–H and O–H groups in total. The maximum absolute atomic E-state index is 12.1. The van der Waals surface area contributed by atoms with Crippen LogP contribution < -0.4 is 0 Å². The van der Waals surface area contributed by atoms with E-state index in [-0.39, 0.29) is 12.5 Å². The molecule has 3 aromatic rings. The molecule has 1 heterocycles. The molecule has 0 aliphatic rings. The molecule has 0 spiro atoms. The third-order valence-corrected chi connectivity index (χ3v) is 3.63. The lowest BCUT2D eigenvalue weighted by Crippen LogP contribution is -2.05. The van der Waals surface area contributed by atoms with Gasteiger partial charge in [-0.25, -0.2) is 4.79 Å². The summed E-state index contributed by atoms with van der Waals surface area (Å²) in [5.74, 6) is 0.679. The van der Waals surface area contributed by atoms with Gasteiger partial charge in [-0.3, -0.25) is 0 Å². The monoisotopic (exact) mass is 322 g/mol. The molecule has 122 valence electrons. The fraction of sp³-hybridized carbons (Fsp3) is 0.211. The molecule has 0 unspecified atom stereocenters. The molecule has 0 aliphatic carbocycles. The average Bonchev–Trinajstić information content (AvgIpc) is 3.09. The highest BCUT2D eigenvalue weighted by Gasteiger charge is 2.12. The number of rotatable bonds is 5. The summed E-state index contributed by atoms with van der Waals surface area (Å²) < 4.78 is 10.7. The minimum Gasteiger partial charge on any atom is -0.452 e. The summed E-state index contributed by atoms with van der Waals surface area (Å²) in [6, 6.07) is 16.8. The number of carbonyl (C=O) groups is 1. The van der Waals surface area contributed by atoms with Crippen molar-refractivity contribution in [3.63, 3.8) is 0 Å². The van der Waals surface area contributed by atoms with Gasteiger partial charge in [0.25, 0.3) is 5.89 Å². The Morgan fingerprint density at radius 3 is 2.42 bits per heavy atom. The van der Waals surface area contributed by atoms with Crippen molar-refractivity contribution in [3.8, 4) is 11.5 Å². The molecule has 0 atom stereocenters. The van der Waals surface area contributed by atoms with Crippen molar-refractivity contribution in [2.24, 2.45) is 0 Å². The van der Waals surface area contributed by atoms with E-state index in [4.69, 9.17) is 9.15 Å². The van der Waals surface area contributed by atoms with E-state index >= 15 is 0 Å². The molecule has 1 aromatic heterocycles. The van der Waals surface area contributed by atoms with Gasteiger partial charge < -0.3 is 9.15 Å². The van der Waals surface area contributed by atoms with Crippen molar-refractivity contribution in [2.45, 2.75) is 26.4 Å². The third kappa shape index (κ3) is 3.68. The quantitative estimate of drug-likeness (QED) is 0.658. The van der Waals surface area contributed by atoms with Gasteiger partial charge in [0.2, 0.25) is 5.89 Å². The van der Waals surface area contributed by atoms with E-state index < -0.39 is 5.97 Å². The molecule has 3 rings (SSSR count). The Morgan fingerprint density at radius 1 is 1.04 bits per heavy atom. The van der Waals surface area contributed by atoms with Crippen LogP contribution >= 0.6 is 0 Å². The number of nitrogens with zero attached hydrogens (tertiary/aromatic N) is 2. The minimum absolute atomic E-state index is 0.0510. The molecule has 0 amide bonds. The predicted octanol–water partition coefficient (Wildman–Crippen LogP) is 4.22. The second-order valence-electron chi connectivity index (χ2n) is 5.72. The number of benzene rings is 2. The standard InChI is InChI=1S/C19H18N2O3/c1-13(2)14-8-10-16(11-9-14)19(22)23-12-17-20-21-18(24-17)15-6-4-3-5-7-15/h3-11,13H,12H2,1-2H3. The van der Waals surface area contributed by atoms with Crippen molar-refractivity contribution in [1.82, 2.24) is 10.2 Å². The van der Waals surface area contributed by atoms with Gasteiger partial charge in [0.1, 0.15) is 0 Å². The Bertz CT molecular complexity index is 808. The van der Waals surface area contributed by atoms with Crippen LogP contribution in [0.1, 0.15) is 41.6 Å². The molecule has 24 heavy (non-hydrogen) atoms. The van der Waals surface area contributed by atoms with E-state index in [0.717, 1.165) is 5.56 Å². The highest BCUT2D eigenvalue weighted by atomic mass is 16.5. The van der Waals surface area contributed by atoms with Crippen LogP contribution in [0.4, 0.5) is 0 Å². The summed E-state index contributed by atoms with van der Waals surface area (Å²) >= 11 is 0. The second-order valence-corrected chi connectivity index (χ2v) is 5.72. The van der Waals surface area contributed by atoms with E-state index in [1.807, 2.05) is 42.5 Å². The molecule has 0 saturated heterocycles. The third-order valence-electron chi connectivity index (χ3n) is 3.63. The fourth-order valence-corrected chi connectivity index (χ4v) is 2.22. The number of hydrogen-bond donors (Lipinski definition) is 0. The molecule has 0 fully saturated rings. The number of carbonyl (C=O) groups excluding carboxylic acids is 1. The number of aromatic nitrogens is 2. The van der Waals surface area contributed by atoms with Crippen LogP contribution in [0.3, 0.4) is 0 Å². The summed E-state index contributed by atoms with van der Waals surface area (Å²) in [6.07, 6.45) is 0. The number of ether oxygens (including phenoxy) is 1. The molecular weight excluding hydrogens is 304 g/mol. The van der Waals surface area contributed by atoms with Gasteiger partial charge in [-0.1, -0.05) is 44.2 Å². The van der Waals surface area contributed by atoms with Crippen LogP contribution in [0, 0.1) is 0 Å². The van der Waals surface area contributed by atoms with Crippen molar-refractivity contribution in [2.75, 3.05) is 0 Å². The first kappa shape index (κ1) is 15.9. The Kier molecular flexibility index (Phi) is 4.70. The van der Waals surface area contributed by atoms with Gasteiger partial charge >= 0.3 is 5.97 Å². The summed E-state index contributed by atoms with van der Waals surface area (Å²) in [5.41, 5.74) is 2.50. The van der Waals surface area contributed by atoms with Gasteiger partial charge in [-0.05, 0) is 35.7 Å². The Hall–Kier alpha value is -2.95. The van der Waals surface area contributed by atoms with Crippen LogP contribution in [0.15, 0.2) is 59.0 Å². The van der Waals surface area contributed by atoms with E-state index in [1.54, 1.807) is 12.1 Å². The summed E-state index contributed by atoms with van der Waals surface area (Å²) in [5, 5.41) is 7.86. The largest absolute Gasteiger partial charge is 0.452 e. The molecule has 0 aliphatic heterocycles. The summed E-state index contributed by atoms with van der Waals surface area (Å²) in [6.45, 7) is 4.16. The molecule has 2 aromatic carbocycles. The topological polar surface area (TPSA) is 65.2 Å². The van der Waals surface area contributed by atoms with Gasteiger partial charge in [0.15, 0.2) is 6.61 Å². The normalized spacial score (nSPS) is 10.8. The zero-order valence-corrected chi connectivity index (χ0v) is 13.6. The zero-order chi connectivity index (χ0) is 16.9. The van der Waals surface area contributed by atoms with Crippen LogP contribution in [-0.4, -0.2) is 16.2 Å². The molecule has 5 nitrogen and oxygen atoms in total. The highest BCUT2D eigenvalue weighted by molar-refractivity contribution is 5.89. The van der Waals surface area contributed by atoms with E-state index in [0.29, 0.717) is 17.4 Å². The zero-order valence-electron chi connectivity index (χ0n) is 13.6. The Morgan fingerprint density at radius 2 is 1.75 bits per heavy atom. The van der Waals surface area contributed by atoms with Crippen LogP contribution in [0.2, 0.25) is 0 Å². The fourth-order valence-electron chi connectivity index (χ4n) is 2.22. The molecule has 0 radical (unpaired) electrons. The SMILES string of the molecule is CC(C)c1ccc(C(=O)OCc2nnc(-c3ccccc3)o2)cc1. The van der Waals surface area contributed by atoms with Crippen LogP contribution in [0.5, 0.6) is 0 Å². The molecule has 5 heteroatoms. The predicted molar refractivity (Wildman–Crippen MR) is 89.4 cm³/mol. The van der Waals surface area contributed by atoms with Gasteiger partial charge in [-0.2, -0.15) is 0 Å². The van der Waals surface area contributed by atoms with E-state index in [1.165, 1.54) is 5.56 Å². The molecule has 0 saturated carbocycles. The van der Waals surface area contributed by atoms with E-state index in [9.17, 15) is 4.79 Å². The van der Waals surface area contributed by atoms with Gasteiger partial charge in [0, 0.05) is 5.56 Å². The molecule has 0 bridgehead atoms. The highest BCUT2D eigenvalue weighted by Crippen LogP contribution is 2.18. The lowest BCUT2D eigenvalue weighted by molar-refractivity contribution is 0.0438. The maximum atomic E-state index is 12.1. The smallest absolute Gasteiger partial charge is 0.338 e. The lowest BCUT2D eigenvalue weighted by atomic mass is 10.0. The number of esters is 1. The molecular formula is C19H18N2O3. The van der Waals surface area contributed by atoms with Crippen LogP contribution in [0.25, 0.3) is 11.5 Å². The maximum Gasteiger partial charge on any atom is 0.338 e. The van der Waals surface area contributed by atoms with Crippen LogP contribution in [-0.2, 0) is 11.3 Å². The first-order chi connectivity index (χ1) is 11.6. The van der Waals surface area contributed by atoms with Gasteiger partial charge in [0.05, 0.1) is 5.56 Å². The first-order valence-corrected chi connectivity index (χ1v) is 7.78. The Labute approximate surface area is 140 Å². The van der Waals surface area contributed by atoms with Crippen molar-refractivity contribution < 1.29 is 13.9 Å². The average molecular weight is 322 g/mol. The second kappa shape index (κ2) is 7.08. The van der Waals surface area contributed by atoms with Crippen molar-refractivity contribution in [3.05, 3.63) is 71.6 Å². The summed E-state index contributed by atoms with van der Waals surface area (Å²) in [4.78, 5) is 12.1. The number of hydrogen-bond acceptors (Lipinski definition) is 5. The van der Waals surface area contributed by atoms with Crippen molar-refractivity contribution in [1.29, 1.82) is 0 Å². The summed E-state index contributed by atoms with van der Waals surface area (Å²) in [7, 11) is 0. The lowest BCUT2D eigenvalue weighted by Gasteiger charge is -2.06. The first-order valence-electron chi connectivity index (χ1n) is 7.78.